The van der Waals surface area contributed by atoms with E-state index in [9.17, 15) is 0 Å². The molecule has 1 aliphatic rings. The van der Waals surface area contributed by atoms with Crippen LogP contribution in [0.15, 0.2) is 4.52 Å². The molecule has 0 aliphatic heterocycles. The molecule has 15 heavy (non-hydrogen) atoms. The minimum absolute atomic E-state index is 0.541. The van der Waals surface area contributed by atoms with Crippen molar-refractivity contribution >= 4 is 17.8 Å². The normalized spacial score (nSPS) is 17.1. The number of hydrogen-bond donors (Lipinski definition) is 1. The third kappa shape index (κ3) is 3.12. The Labute approximate surface area is 94.2 Å². The third-order valence-electron chi connectivity index (χ3n) is 2.55. The van der Waals surface area contributed by atoms with E-state index in [0.29, 0.717) is 6.01 Å². The molecule has 1 aliphatic carbocycles. The first kappa shape index (κ1) is 10.8. The van der Waals surface area contributed by atoms with E-state index in [4.69, 9.17) is 4.52 Å². The van der Waals surface area contributed by atoms with Crippen molar-refractivity contribution < 1.29 is 4.52 Å². The van der Waals surface area contributed by atoms with Gasteiger partial charge in [-0.25, -0.2) is 0 Å². The molecular weight excluding hydrogens is 210 g/mol. The molecule has 0 aromatic carbocycles. The standard InChI is InChI=1S/C10H17N3OS/c1-2-11-10-12-9(13-14-10)7-15-8-5-3-4-6-8/h8H,2-7H2,1H3,(H,11,12,13). The van der Waals surface area contributed by atoms with Crippen LogP contribution in [-0.4, -0.2) is 21.9 Å². The number of nitrogens with one attached hydrogen (secondary N) is 1. The molecule has 1 fully saturated rings. The molecule has 0 atom stereocenters. The first-order chi connectivity index (χ1) is 7.38. The Balaban J connectivity index is 1.77. The van der Waals surface area contributed by atoms with Gasteiger partial charge < -0.3 is 9.84 Å². The Morgan fingerprint density at radius 3 is 3.00 bits per heavy atom. The van der Waals surface area contributed by atoms with Crippen LogP contribution in [0.2, 0.25) is 0 Å². The zero-order valence-electron chi connectivity index (χ0n) is 9.03. The molecule has 5 heteroatoms. The van der Waals surface area contributed by atoms with Gasteiger partial charge in [-0.1, -0.05) is 18.0 Å². The predicted octanol–water partition coefficient (Wildman–Crippen LogP) is 2.68. The van der Waals surface area contributed by atoms with E-state index in [1.807, 2.05) is 18.7 Å². The Morgan fingerprint density at radius 1 is 1.47 bits per heavy atom. The van der Waals surface area contributed by atoms with E-state index in [-0.39, 0.29) is 0 Å². The molecule has 4 nitrogen and oxygen atoms in total. The van der Waals surface area contributed by atoms with E-state index in [1.54, 1.807) is 0 Å². The second kappa shape index (κ2) is 5.39. The highest BCUT2D eigenvalue weighted by Gasteiger charge is 2.16. The summed E-state index contributed by atoms with van der Waals surface area (Å²) in [7, 11) is 0. The topological polar surface area (TPSA) is 51.0 Å². The van der Waals surface area contributed by atoms with Gasteiger partial charge in [0.25, 0.3) is 0 Å². The molecule has 1 N–H and O–H groups in total. The van der Waals surface area contributed by atoms with Gasteiger partial charge in [0.1, 0.15) is 0 Å². The smallest absolute Gasteiger partial charge is 0.321 e. The van der Waals surface area contributed by atoms with Crippen molar-refractivity contribution in [2.24, 2.45) is 0 Å². The van der Waals surface area contributed by atoms with Crippen molar-refractivity contribution in [2.45, 2.75) is 43.6 Å². The minimum atomic E-state index is 0.541. The second-order valence-corrected chi connectivity index (χ2v) is 5.05. The molecule has 0 radical (unpaired) electrons. The van der Waals surface area contributed by atoms with Crippen LogP contribution in [0.3, 0.4) is 0 Å². The fraction of sp³-hybridized carbons (Fsp3) is 0.800. The molecule has 1 aromatic heterocycles. The van der Waals surface area contributed by atoms with Crippen LogP contribution in [0, 0.1) is 0 Å². The Bertz CT molecular complexity index is 297. The van der Waals surface area contributed by atoms with Crippen molar-refractivity contribution in [3.8, 4) is 0 Å². The number of hydrogen-bond acceptors (Lipinski definition) is 5. The van der Waals surface area contributed by atoms with Gasteiger partial charge in [-0.2, -0.15) is 16.7 Å². The summed E-state index contributed by atoms with van der Waals surface area (Å²) in [4.78, 5) is 4.25. The number of aromatic nitrogens is 2. The van der Waals surface area contributed by atoms with Gasteiger partial charge >= 0.3 is 6.01 Å². The maximum absolute atomic E-state index is 5.03. The van der Waals surface area contributed by atoms with Crippen molar-refractivity contribution in [3.05, 3.63) is 5.82 Å². The Kier molecular flexibility index (Phi) is 3.88. The van der Waals surface area contributed by atoms with E-state index in [2.05, 4.69) is 15.5 Å². The lowest BCUT2D eigenvalue weighted by atomic mass is 10.4. The summed E-state index contributed by atoms with van der Waals surface area (Å²) in [5.41, 5.74) is 0. The number of thioether (sulfide) groups is 1. The maximum Gasteiger partial charge on any atom is 0.321 e. The average molecular weight is 227 g/mol. The van der Waals surface area contributed by atoms with E-state index in [1.165, 1.54) is 25.7 Å². The predicted molar refractivity (Wildman–Crippen MR) is 62.0 cm³/mol. The molecule has 1 heterocycles. The monoisotopic (exact) mass is 227 g/mol. The van der Waals surface area contributed by atoms with E-state index < -0.39 is 0 Å². The highest BCUT2D eigenvalue weighted by atomic mass is 32.2. The fourth-order valence-electron chi connectivity index (χ4n) is 1.78. The van der Waals surface area contributed by atoms with Crippen LogP contribution in [0.5, 0.6) is 0 Å². The molecule has 0 spiro atoms. The zero-order chi connectivity index (χ0) is 10.5. The van der Waals surface area contributed by atoms with Crippen molar-refractivity contribution in [1.82, 2.24) is 10.1 Å². The quantitative estimate of drug-likeness (QED) is 0.838. The molecule has 0 saturated heterocycles. The summed E-state index contributed by atoms with van der Waals surface area (Å²) in [6, 6.07) is 0.541. The maximum atomic E-state index is 5.03. The lowest BCUT2D eigenvalue weighted by molar-refractivity contribution is 0.425. The van der Waals surface area contributed by atoms with Crippen LogP contribution in [0.4, 0.5) is 6.01 Å². The van der Waals surface area contributed by atoms with Crippen LogP contribution >= 0.6 is 11.8 Å². The van der Waals surface area contributed by atoms with Crippen LogP contribution in [-0.2, 0) is 5.75 Å². The summed E-state index contributed by atoms with van der Waals surface area (Å²) < 4.78 is 5.03. The van der Waals surface area contributed by atoms with Crippen LogP contribution in [0.25, 0.3) is 0 Å². The Morgan fingerprint density at radius 2 is 2.27 bits per heavy atom. The number of nitrogens with zero attached hydrogens (tertiary/aromatic N) is 2. The lowest BCUT2D eigenvalue weighted by Crippen LogP contribution is -1.97. The third-order valence-corrected chi connectivity index (χ3v) is 3.91. The van der Waals surface area contributed by atoms with Gasteiger partial charge in [0, 0.05) is 11.8 Å². The minimum Gasteiger partial charge on any atom is -0.338 e. The van der Waals surface area contributed by atoms with Gasteiger partial charge in [-0.05, 0) is 19.8 Å². The highest BCUT2D eigenvalue weighted by Crippen LogP contribution is 2.31. The molecule has 0 amide bonds. The Hall–Kier alpha value is -0.710. The summed E-state index contributed by atoms with van der Waals surface area (Å²) in [5, 5.41) is 7.74. The van der Waals surface area contributed by atoms with Gasteiger partial charge in [-0.15, -0.1) is 0 Å². The number of anilines is 1. The van der Waals surface area contributed by atoms with Crippen LogP contribution in [0.1, 0.15) is 38.4 Å². The molecule has 84 valence electrons. The van der Waals surface area contributed by atoms with Gasteiger partial charge in [0.15, 0.2) is 5.82 Å². The number of rotatable bonds is 5. The lowest BCUT2D eigenvalue weighted by Gasteiger charge is -2.04. The molecule has 0 bridgehead atoms. The largest absolute Gasteiger partial charge is 0.338 e. The van der Waals surface area contributed by atoms with Crippen molar-refractivity contribution in [3.63, 3.8) is 0 Å². The van der Waals surface area contributed by atoms with Crippen molar-refractivity contribution in [2.75, 3.05) is 11.9 Å². The van der Waals surface area contributed by atoms with Crippen LogP contribution < -0.4 is 5.32 Å². The summed E-state index contributed by atoms with van der Waals surface area (Å²) in [6.07, 6.45) is 5.46. The van der Waals surface area contributed by atoms with E-state index in [0.717, 1.165) is 23.4 Å². The highest BCUT2D eigenvalue weighted by molar-refractivity contribution is 7.99. The molecule has 2 rings (SSSR count). The average Bonchev–Trinajstić information content (AvgIpc) is 2.85. The first-order valence-corrected chi connectivity index (χ1v) is 6.61. The second-order valence-electron chi connectivity index (χ2n) is 3.76. The summed E-state index contributed by atoms with van der Waals surface area (Å²) >= 11 is 1.96. The zero-order valence-corrected chi connectivity index (χ0v) is 9.85. The summed E-state index contributed by atoms with van der Waals surface area (Å²) in [5.74, 6) is 1.68. The van der Waals surface area contributed by atoms with Gasteiger partial charge in [0.05, 0.1) is 5.75 Å². The van der Waals surface area contributed by atoms with Crippen molar-refractivity contribution in [1.29, 1.82) is 0 Å². The van der Waals surface area contributed by atoms with Gasteiger partial charge in [0.2, 0.25) is 0 Å². The first-order valence-electron chi connectivity index (χ1n) is 5.56. The molecule has 1 saturated carbocycles. The molecule has 1 aromatic rings. The summed E-state index contributed by atoms with van der Waals surface area (Å²) in [6.45, 7) is 2.83. The SMILES string of the molecule is CCNc1nc(CSC2CCCC2)no1. The molecular formula is C10H17N3OS. The van der Waals surface area contributed by atoms with E-state index >= 15 is 0 Å². The fourth-order valence-corrected chi connectivity index (χ4v) is 2.95. The molecule has 0 unspecified atom stereocenters. The van der Waals surface area contributed by atoms with Gasteiger partial charge in [-0.3, -0.25) is 0 Å².